The number of hydrogen-bond donors (Lipinski definition) is 2. The van der Waals surface area contributed by atoms with Crippen LogP contribution in [0.5, 0.6) is 0 Å². The van der Waals surface area contributed by atoms with Gasteiger partial charge in [0.1, 0.15) is 5.82 Å². The van der Waals surface area contributed by atoms with Crippen LogP contribution in [0.15, 0.2) is 23.1 Å². The van der Waals surface area contributed by atoms with Crippen LogP contribution < -0.4 is 10.0 Å². The van der Waals surface area contributed by atoms with Crippen molar-refractivity contribution in [3.05, 3.63) is 24.0 Å². The van der Waals surface area contributed by atoms with Gasteiger partial charge in [-0.2, -0.15) is 0 Å². The van der Waals surface area contributed by atoms with E-state index in [-0.39, 0.29) is 10.6 Å². The van der Waals surface area contributed by atoms with E-state index in [0.29, 0.717) is 19.5 Å². The molecule has 1 heterocycles. The normalized spacial score (nSPS) is 24.5. The second-order valence-electron chi connectivity index (χ2n) is 5.18. The zero-order chi connectivity index (χ0) is 14.3. The van der Waals surface area contributed by atoms with E-state index < -0.39 is 21.4 Å². The number of piperidine rings is 1. The minimum Gasteiger partial charge on any atom is -0.388 e. The predicted molar refractivity (Wildman–Crippen MR) is 69.8 cm³/mol. The molecule has 2 rings (SSSR count). The van der Waals surface area contributed by atoms with E-state index in [1.165, 1.54) is 12.1 Å². The molecule has 1 fully saturated rings. The van der Waals surface area contributed by atoms with Gasteiger partial charge in [-0.1, -0.05) is 0 Å². The fraction of sp³-hybridized carbons (Fsp3) is 0.500. The Morgan fingerprint density at radius 1 is 1.47 bits per heavy atom. The molecule has 106 valence electrons. The van der Waals surface area contributed by atoms with Crippen LogP contribution >= 0.6 is 0 Å². The van der Waals surface area contributed by atoms with Crippen molar-refractivity contribution in [2.45, 2.75) is 30.3 Å². The molecule has 0 amide bonds. The van der Waals surface area contributed by atoms with Gasteiger partial charge in [-0.15, -0.1) is 0 Å². The molecule has 0 spiro atoms. The van der Waals surface area contributed by atoms with Crippen LogP contribution in [-0.2, 0) is 10.0 Å². The average Bonchev–Trinajstić information content (AvgIpc) is 2.26. The van der Waals surface area contributed by atoms with Crippen molar-refractivity contribution >= 4 is 15.7 Å². The quantitative estimate of drug-likeness (QED) is 0.844. The second-order valence-corrected chi connectivity index (χ2v) is 6.74. The number of hydrogen-bond acceptors (Lipinski definition) is 4. The fourth-order valence-corrected chi connectivity index (χ4v) is 2.87. The Morgan fingerprint density at radius 2 is 2.16 bits per heavy atom. The number of β-amino-alcohol motifs (C(OH)–C–C–N with tert-alkyl or cyclic N) is 1. The van der Waals surface area contributed by atoms with Gasteiger partial charge in [0.05, 0.1) is 16.2 Å². The molecule has 1 aromatic rings. The number of halogens is 1. The van der Waals surface area contributed by atoms with Crippen LogP contribution in [0, 0.1) is 5.82 Å². The Labute approximate surface area is 111 Å². The van der Waals surface area contributed by atoms with Gasteiger partial charge < -0.3 is 10.0 Å². The van der Waals surface area contributed by atoms with Gasteiger partial charge in [0.25, 0.3) is 0 Å². The summed E-state index contributed by atoms with van der Waals surface area (Å²) in [7, 11) is -3.90. The highest BCUT2D eigenvalue weighted by molar-refractivity contribution is 7.89. The number of anilines is 1. The predicted octanol–water partition coefficient (Wildman–Crippen LogP) is 0.824. The SMILES string of the molecule is CC1(O)CCCN(c2ccc(S(N)(=O)=O)cc2F)C1. The first kappa shape index (κ1) is 14.2. The maximum Gasteiger partial charge on any atom is 0.238 e. The van der Waals surface area contributed by atoms with Crippen molar-refractivity contribution in [2.75, 3.05) is 18.0 Å². The first-order valence-corrected chi connectivity index (χ1v) is 7.53. The van der Waals surface area contributed by atoms with E-state index in [4.69, 9.17) is 5.14 Å². The number of nitrogens with zero attached hydrogens (tertiary/aromatic N) is 1. The van der Waals surface area contributed by atoms with Gasteiger partial charge in [-0.3, -0.25) is 0 Å². The Balaban J connectivity index is 2.31. The van der Waals surface area contributed by atoms with Gasteiger partial charge in [0.15, 0.2) is 0 Å². The molecule has 1 unspecified atom stereocenters. The van der Waals surface area contributed by atoms with Crippen LogP contribution in [0.3, 0.4) is 0 Å². The number of nitrogens with two attached hydrogens (primary N) is 1. The highest BCUT2D eigenvalue weighted by atomic mass is 32.2. The van der Waals surface area contributed by atoms with Crippen molar-refractivity contribution in [3.63, 3.8) is 0 Å². The van der Waals surface area contributed by atoms with Crippen molar-refractivity contribution in [3.8, 4) is 0 Å². The van der Waals surface area contributed by atoms with Crippen LogP contribution in [0.2, 0.25) is 0 Å². The van der Waals surface area contributed by atoms with Gasteiger partial charge in [-0.05, 0) is 38.0 Å². The lowest BCUT2D eigenvalue weighted by Gasteiger charge is -2.38. The summed E-state index contributed by atoms with van der Waals surface area (Å²) in [5.74, 6) is -0.649. The fourth-order valence-electron chi connectivity index (χ4n) is 2.35. The number of sulfonamides is 1. The molecule has 0 bridgehead atoms. The third-order valence-electron chi connectivity index (χ3n) is 3.26. The van der Waals surface area contributed by atoms with Crippen molar-refractivity contribution in [1.82, 2.24) is 0 Å². The van der Waals surface area contributed by atoms with Gasteiger partial charge >= 0.3 is 0 Å². The minimum atomic E-state index is -3.90. The molecule has 1 aliphatic heterocycles. The Kier molecular flexibility index (Phi) is 3.55. The summed E-state index contributed by atoms with van der Waals surface area (Å²) in [5.41, 5.74) is -0.573. The number of aliphatic hydroxyl groups is 1. The molecule has 0 aliphatic carbocycles. The van der Waals surface area contributed by atoms with E-state index in [9.17, 15) is 17.9 Å². The lowest BCUT2D eigenvalue weighted by molar-refractivity contribution is 0.0447. The van der Waals surface area contributed by atoms with E-state index >= 15 is 0 Å². The molecule has 5 nitrogen and oxygen atoms in total. The molecule has 0 aromatic heterocycles. The highest BCUT2D eigenvalue weighted by Gasteiger charge is 2.29. The summed E-state index contributed by atoms with van der Waals surface area (Å²) in [4.78, 5) is 1.46. The van der Waals surface area contributed by atoms with E-state index in [0.717, 1.165) is 12.5 Å². The van der Waals surface area contributed by atoms with E-state index in [2.05, 4.69) is 0 Å². The third-order valence-corrected chi connectivity index (χ3v) is 4.17. The minimum absolute atomic E-state index is 0.252. The molecule has 1 saturated heterocycles. The lowest BCUT2D eigenvalue weighted by atomic mass is 9.95. The van der Waals surface area contributed by atoms with Crippen molar-refractivity contribution in [1.29, 1.82) is 0 Å². The Hall–Kier alpha value is -1.18. The molecular formula is C12H17FN2O3S. The lowest BCUT2D eigenvalue weighted by Crippen LogP contribution is -2.46. The molecule has 1 atom stereocenters. The topological polar surface area (TPSA) is 83.6 Å². The molecule has 1 aromatic carbocycles. The maximum absolute atomic E-state index is 14.0. The zero-order valence-corrected chi connectivity index (χ0v) is 11.5. The molecular weight excluding hydrogens is 271 g/mol. The summed E-state index contributed by atoms with van der Waals surface area (Å²) in [6.07, 6.45) is 1.42. The summed E-state index contributed by atoms with van der Waals surface area (Å²) in [6, 6.07) is 3.57. The Bertz CT molecular complexity index is 587. The van der Waals surface area contributed by atoms with Crippen LogP contribution in [-0.4, -0.2) is 32.2 Å². The summed E-state index contributed by atoms with van der Waals surface area (Å²) in [5, 5.41) is 15.0. The second kappa shape index (κ2) is 4.73. The first-order chi connectivity index (χ1) is 8.69. The summed E-state index contributed by atoms with van der Waals surface area (Å²) < 4.78 is 36.2. The standard InChI is InChI=1S/C12H17FN2O3S/c1-12(16)5-2-6-15(8-12)11-4-3-9(7-10(11)13)19(14,17)18/h3-4,7,16H,2,5-6,8H2,1H3,(H2,14,17,18). The van der Waals surface area contributed by atoms with E-state index in [1.54, 1.807) is 11.8 Å². The monoisotopic (exact) mass is 288 g/mol. The molecule has 1 aliphatic rings. The number of benzene rings is 1. The van der Waals surface area contributed by atoms with Gasteiger partial charge in [-0.25, -0.2) is 17.9 Å². The first-order valence-electron chi connectivity index (χ1n) is 5.99. The third kappa shape index (κ3) is 3.23. The number of primary sulfonamides is 1. The highest BCUT2D eigenvalue weighted by Crippen LogP contribution is 2.28. The van der Waals surface area contributed by atoms with Crippen LogP contribution in [0.4, 0.5) is 10.1 Å². The summed E-state index contributed by atoms with van der Waals surface area (Å²) in [6.45, 7) is 2.65. The summed E-state index contributed by atoms with van der Waals surface area (Å²) >= 11 is 0. The van der Waals surface area contributed by atoms with Crippen LogP contribution in [0.25, 0.3) is 0 Å². The van der Waals surface area contributed by atoms with Crippen molar-refractivity contribution < 1.29 is 17.9 Å². The number of rotatable bonds is 2. The smallest absolute Gasteiger partial charge is 0.238 e. The maximum atomic E-state index is 14.0. The molecule has 7 heteroatoms. The molecule has 19 heavy (non-hydrogen) atoms. The average molecular weight is 288 g/mol. The Morgan fingerprint density at radius 3 is 2.68 bits per heavy atom. The van der Waals surface area contributed by atoms with Crippen molar-refractivity contribution in [2.24, 2.45) is 5.14 Å². The molecule has 3 N–H and O–H groups in total. The van der Waals surface area contributed by atoms with Gasteiger partial charge in [0, 0.05) is 13.1 Å². The molecule has 0 radical (unpaired) electrons. The molecule has 0 saturated carbocycles. The zero-order valence-electron chi connectivity index (χ0n) is 10.6. The largest absolute Gasteiger partial charge is 0.388 e. The van der Waals surface area contributed by atoms with Crippen LogP contribution in [0.1, 0.15) is 19.8 Å². The van der Waals surface area contributed by atoms with E-state index in [1.807, 2.05) is 0 Å². The van der Waals surface area contributed by atoms with Gasteiger partial charge in [0.2, 0.25) is 10.0 Å².